The third-order valence-corrected chi connectivity index (χ3v) is 2.62. The number of benzene rings is 1. The topological polar surface area (TPSA) is 51.1 Å². The first-order valence-electron chi connectivity index (χ1n) is 5.98. The van der Waals surface area contributed by atoms with Crippen molar-refractivity contribution in [1.29, 1.82) is 0 Å². The van der Waals surface area contributed by atoms with Gasteiger partial charge >= 0.3 is 6.01 Å². The fourth-order valence-electron chi connectivity index (χ4n) is 1.61. The van der Waals surface area contributed by atoms with E-state index in [1.54, 1.807) is 0 Å². The zero-order valence-corrected chi connectivity index (χ0v) is 11.6. The first kappa shape index (κ1) is 13.5. The predicted molar refractivity (Wildman–Crippen MR) is 74.6 cm³/mol. The highest BCUT2D eigenvalue weighted by Gasteiger charge is 2.10. The van der Waals surface area contributed by atoms with Crippen molar-refractivity contribution in [2.24, 2.45) is 0 Å². The maximum absolute atomic E-state index is 5.86. The van der Waals surface area contributed by atoms with Crippen LogP contribution >= 0.6 is 11.6 Å². The van der Waals surface area contributed by atoms with Gasteiger partial charge in [0.2, 0.25) is 11.2 Å². The number of halogens is 1. The molecule has 0 aliphatic carbocycles. The second kappa shape index (κ2) is 6.33. The maximum atomic E-state index is 5.86. The van der Waals surface area contributed by atoms with Gasteiger partial charge in [0.15, 0.2) is 0 Å². The molecule has 0 N–H and O–H groups in total. The van der Waals surface area contributed by atoms with E-state index in [2.05, 4.69) is 15.0 Å². The summed E-state index contributed by atoms with van der Waals surface area (Å²) in [5.41, 5.74) is 1.17. The van der Waals surface area contributed by atoms with Gasteiger partial charge in [0.1, 0.15) is 0 Å². The van der Waals surface area contributed by atoms with Crippen molar-refractivity contribution >= 4 is 17.5 Å². The number of anilines is 1. The van der Waals surface area contributed by atoms with E-state index in [-0.39, 0.29) is 11.3 Å². The Labute approximate surface area is 117 Å². The summed E-state index contributed by atoms with van der Waals surface area (Å²) in [6.07, 6.45) is 0. The highest BCUT2D eigenvalue weighted by atomic mass is 35.5. The lowest BCUT2D eigenvalue weighted by atomic mass is 10.2. The molecule has 5 nitrogen and oxygen atoms in total. The Bertz CT molecular complexity index is 535. The van der Waals surface area contributed by atoms with E-state index in [1.807, 2.05) is 49.2 Å². The fraction of sp³-hybridized carbons (Fsp3) is 0.308. The highest BCUT2D eigenvalue weighted by Crippen LogP contribution is 2.16. The van der Waals surface area contributed by atoms with E-state index in [4.69, 9.17) is 16.3 Å². The zero-order chi connectivity index (χ0) is 13.7. The molecule has 2 aromatic rings. The van der Waals surface area contributed by atoms with Crippen LogP contribution in [-0.4, -0.2) is 28.6 Å². The van der Waals surface area contributed by atoms with Gasteiger partial charge in [0.05, 0.1) is 6.61 Å². The molecule has 100 valence electrons. The van der Waals surface area contributed by atoms with Crippen LogP contribution in [0.25, 0.3) is 0 Å². The number of rotatable bonds is 5. The van der Waals surface area contributed by atoms with E-state index in [0.717, 1.165) is 0 Å². The molecule has 0 radical (unpaired) electrons. The molecule has 1 aromatic carbocycles. The third kappa shape index (κ3) is 3.79. The van der Waals surface area contributed by atoms with Crippen LogP contribution in [0, 0.1) is 0 Å². The summed E-state index contributed by atoms with van der Waals surface area (Å²) in [7, 11) is 1.90. The van der Waals surface area contributed by atoms with E-state index < -0.39 is 0 Å². The minimum absolute atomic E-state index is 0.133. The minimum atomic E-state index is 0.133. The number of aromatic nitrogens is 3. The van der Waals surface area contributed by atoms with Crippen molar-refractivity contribution in [3.8, 4) is 6.01 Å². The molecule has 2 rings (SSSR count). The monoisotopic (exact) mass is 278 g/mol. The van der Waals surface area contributed by atoms with Crippen LogP contribution in [0.4, 0.5) is 5.95 Å². The smallest absolute Gasteiger partial charge is 0.322 e. The van der Waals surface area contributed by atoms with E-state index >= 15 is 0 Å². The molecule has 0 atom stereocenters. The van der Waals surface area contributed by atoms with Crippen molar-refractivity contribution < 1.29 is 4.74 Å². The zero-order valence-electron chi connectivity index (χ0n) is 10.9. The molecular formula is C13H15ClN4O. The maximum Gasteiger partial charge on any atom is 0.322 e. The van der Waals surface area contributed by atoms with Crippen molar-refractivity contribution in [2.45, 2.75) is 13.5 Å². The van der Waals surface area contributed by atoms with Gasteiger partial charge < -0.3 is 9.64 Å². The summed E-state index contributed by atoms with van der Waals surface area (Å²) in [6, 6.07) is 10.3. The molecule has 0 amide bonds. The van der Waals surface area contributed by atoms with Crippen molar-refractivity contribution in [3.63, 3.8) is 0 Å². The lowest BCUT2D eigenvalue weighted by Crippen LogP contribution is -2.20. The van der Waals surface area contributed by atoms with Gasteiger partial charge in [-0.1, -0.05) is 30.3 Å². The van der Waals surface area contributed by atoms with Crippen LogP contribution in [0.2, 0.25) is 5.28 Å². The fourth-order valence-corrected chi connectivity index (χ4v) is 1.76. The lowest BCUT2D eigenvalue weighted by Gasteiger charge is -2.17. The quantitative estimate of drug-likeness (QED) is 0.841. The molecule has 0 aliphatic rings. The molecule has 0 bridgehead atoms. The van der Waals surface area contributed by atoms with Crippen LogP contribution in [0.1, 0.15) is 12.5 Å². The molecule has 0 unspecified atom stereocenters. The largest absolute Gasteiger partial charge is 0.464 e. The van der Waals surface area contributed by atoms with E-state index in [0.29, 0.717) is 19.1 Å². The molecule has 0 aliphatic heterocycles. The van der Waals surface area contributed by atoms with Crippen LogP contribution in [0.5, 0.6) is 6.01 Å². The Balaban J connectivity index is 2.16. The normalized spacial score (nSPS) is 10.3. The SMILES string of the molecule is CCOc1nc(Cl)nc(N(C)Cc2ccccc2)n1. The second-order valence-corrected chi connectivity index (χ2v) is 4.30. The minimum Gasteiger partial charge on any atom is -0.464 e. The summed E-state index contributed by atoms with van der Waals surface area (Å²) >= 11 is 5.86. The Morgan fingerprint density at radius 2 is 1.89 bits per heavy atom. The summed E-state index contributed by atoms with van der Waals surface area (Å²) in [6.45, 7) is 3.04. The number of ether oxygens (including phenoxy) is 1. The van der Waals surface area contributed by atoms with Crippen LogP contribution in [-0.2, 0) is 6.54 Å². The predicted octanol–water partition coefficient (Wildman–Crippen LogP) is 2.56. The van der Waals surface area contributed by atoms with E-state index in [1.165, 1.54) is 5.56 Å². The average Bonchev–Trinajstić information content (AvgIpc) is 2.39. The summed E-state index contributed by atoms with van der Waals surface area (Å²) in [5, 5.41) is 0.133. The molecule has 6 heteroatoms. The van der Waals surface area contributed by atoms with Crippen LogP contribution < -0.4 is 9.64 Å². The number of nitrogens with zero attached hydrogens (tertiary/aromatic N) is 4. The molecule has 0 spiro atoms. The van der Waals surface area contributed by atoms with Crippen LogP contribution in [0.15, 0.2) is 30.3 Å². The van der Waals surface area contributed by atoms with E-state index in [9.17, 15) is 0 Å². The van der Waals surface area contributed by atoms with Crippen LogP contribution in [0.3, 0.4) is 0 Å². The van der Waals surface area contributed by atoms with Gasteiger partial charge in [0, 0.05) is 13.6 Å². The lowest BCUT2D eigenvalue weighted by molar-refractivity contribution is 0.311. The van der Waals surface area contributed by atoms with Gasteiger partial charge in [-0.2, -0.15) is 15.0 Å². The highest BCUT2D eigenvalue weighted by molar-refractivity contribution is 6.28. The summed E-state index contributed by atoms with van der Waals surface area (Å²) in [4.78, 5) is 14.1. The van der Waals surface area contributed by atoms with Gasteiger partial charge in [-0.25, -0.2) is 0 Å². The number of hydrogen-bond acceptors (Lipinski definition) is 5. The average molecular weight is 279 g/mol. The van der Waals surface area contributed by atoms with Gasteiger partial charge in [0.25, 0.3) is 0 Å². The Morgan fingerprint density at radius 1 is 1.16 bits per heavy atom. The van der Waals surface area contributed by atoms with Crippen molar-refractivity contribution in [2.75, 3.05) is 18.6 Å². The Kier molecular flexibility index (Phi) is 4.52. The number of hydrogen-bond donors (Lipinski definition) is 0. The van der Waals surface area contributed by atoms with Gasteiger partial charge in [-0.05, 0) is 24.1 Å². The van der Waals surface area contributed by atoms with Crippen molar-refractivity contribution in [1.82, 2.24) is 15.0 Å². The second-order valence-electron chi connectivity index (χ2n) is 3.96. The molecule has 0 saturated heterocycles. The first-order chi connectivity index (χ1) is 9.19. The Morgan fingerprint density at radius 3 is 2.58 bits per heavy atom. The van der Waals surface area contributed by atoms with Gasteiger partial charge in [-0.3, -0.25) is 0 Å². The standard InChI is InChI=1S/C13H15ClN4O/c1-3-19-13-16-11(14)15-12(17-13)18(2)9-10-7-5-4-6-8-10/h4-8H,3,9H2,1-2H3. The van der Waals surface area contributed by atoms with Crippen molar-refractivity contribution in [3.05, 3.63) is 41.2 Å². The first-order valence-corrected chi connectivity index (χ1v) is 6.36. The van der Waals surface area contributed by atoms with Gasteiger partial charge in [-0.15, -0.1) is 0 Å². The molecule has 0 saturated carbocycles. The molecule has 1 heterocycles. The molecule has 19 heavy (non-hydrogen) atoms. The summed E-state index contributed by atoms with van der Waals surface area (Å²) in [5.74, 6) is 0.493. The summed E-state index contributed by atoms with van der Waals surface area (Å²) < 4.78 is 5.25. The molecular weight excluding hydrogens is 264 g/mol. The molecule has 1 aromatic heterocycles. The third-order valence-electron chi connectivity index (χ3n) is 2.45. The Hall–Kier alpha value is -1.88. The molecule has 0 fully saturated rings.